The van der Waals surface area contributed by atoms with E-state index < -0.39 is 0 Å². The summed E-state index contributed by atoms with van der Waals surface area (Å²) in [5, 5.41) is 3.03. The predicted octanol–water partition coefficient (Wildman–Crippen LogP) is 4.71. The second-order valence-corrected chi connectivity index (χ2v) is 8.95. The average molecular weight is 408 g/mol. The summed E-state index contributed by atoms with van der Waals surface area (Å²) in [6.45, 7) is 7.40. The second-order valence-electron chi connectivity index (χ2n) is 8.95. The molecule has 1 aliphatic rings. The number of amides is 2. The van der Waals surface area contributed by atoms with Crippen molar-refractivity contribution in [3.8, 4) is 0 Å². The van der Waals surface area contributed by atoms with Gasteiger partial charge in [0.05, 0.1) is 0 Å². The number of carbonyl (C=O) groups excluding carboxylic acids is 2. The van der Waals surface area contributed by atoms with Crippen molar-refractivity contribution in [2.75, 3.05) is 30.9 Å². The van der Waals surface area contributed by atoms with Gasteiger partial charge in [-0.25, -0.2) is 0 Å². The van der Waals surface area contributed by atoms with Gasteiger partial charge in [-0.3, -0.25) is 9.59 Å². The fourth-order valence-corrected chi connectivity index (χ4v) is 3.64. The molecule has 0 heterocycles. The van der Waals surface area contributed by atoms with E-state index in [2.05, 4.69) is 19.2 Å². The van der Waals surface area contributed by atoms with Gasteiger partial charge in [-0.05, 0) is 61.6 Å². The van der Waals surface area contributed by atoms with Crippen molar-refractivity contribution in [3.05, 3.63) is 59.2 Å². The summed E-state index contributed by atoms with van der Waals surface area (Å²) in [7, 11) is 3.99. The third kappa shape index (κ3) is 5.62. The number of nitrogens with one attached hydrogen (secondary N) is 1. The first-order valence-corrected chi connectivity index (χ1v) is 10.7. The van der Waals surface area contributed by atoms with Gasteiger partial charge in [-0.2, -0.15) is 0 Å². The van der Waals surface area contributed by atoms with Gasteiger partial charge in [0.2, 0.25) is 5.91 Å². The van der Waals surface area contributed by atoms with Crippen LogP contribution in [-0.4, -0.2) is 37.4 Å². The van der Waals surface area contributed by atoms with Gasteiger partial charge in [0.25, 0.3) is 5.91 Å². The van der Waals surface area contributed by atoms with Gasteiger partial charge >= 0.3 is 0 Å². The minimum absolute atomic E-state index is 0.0320. The van der Waals surface area contributed by atoms with Crippen molar-refractivity contribution in [1.29, 1.82) is 0 Å². The van der Waals surface area contributed by atoms with E-state index in [4.69, 9.17) is 0 Å². The number of aryl methyl sites for hydroxylation is 1. The number of anilines is 2. The summed E-state index contributed by atoms with van der Waals surface area (Å²) in [5.41, 5.74) is 4.64. The molecule has 0 radical (unpaired) electrons. The van der Waals surface area contributed by atoms with Crippen molar-refractivity contribution in [1.82, 2.24) is 4.90 Å². The molecule has 5 nitrogen and oxygen atoms in total. The Morgan fingerprint density at radius 2 is 1.83 bits per heavy atom. The smallest absolute Gasteiger partial charge is 0.254 e. The molecule has 0 aromatic heterocycles. The van der Waals surface area contributed by atoms with Crippen LogP contribution in [0, 0.1) is 18.8 Å². The number of rotatable bonds is 8. The van der Waals surface area contributed by atoms with Crippen molar-refractivity contribution in [2.24, 2.45) is 11.8 Å². The second kappa shape index (κ2) is 9.33. The Bertz CT molecular complexity index is 916. The molecule has 0 bridgehead atoms. The Balaban J connectivity index is 1.89. The number of hydrogen-bond donors (Lipinski definition) is 1. The van der Waals surface area contributed by atoms with E-state index in [0.29, 0.717) is 24.6 Å². The van der Waals surface area contributed by atoms with Gasteiger partial charge in [0.15, 0.2) is 0 Å². The third-order valence-electron chi connectivity index (χ3n) is 5.28. The number of nitrogens with zero attached hydrogens (tertiary/aromatic N) is 2. The molecule has 0 aliphatic heterocycles. The molecular formula is C25H33N3O2. The van der Waals surface area contributed by atoms with Gasteiger partial charge in [0, 0.05) is 50.0 Å². The molecule has 1 saturated carbocycles. The maximum Gasteiger partial charge on any atom is 0.254 e. The summed E-state index contributed by atoms with van der Waals surface area (Å²) < 4.78 is 0. The number of benzene rings is 2. The number of hydrogen-bond acceptors (Lipinski definition) is 3. The highest BCUT2D eigenvalue weighted by Crippen LogP contribution is 2.31. The fourth-order valence-electron chi connectivity index (χ4n) is 3.64. The molecule has 30 heavy (non-hydrogen) atoms. The molecule has 0 unspecified atom stereocenters. The zero-order valence-electron chi connectivity index (χ0n) is 18.7. The van der Waals surface area contributed by atoms with Crippen molar-refractivity contribution in [3.63, 3.8) is 0 Å². The molecule has 0 atom stereocenters. The largest absolute Gasteiger partial charge is 0.377 e. The van der Waals surface area contributed by atoms with Crippen LogP contribution in [0.25, 0.3) is 0 Å². The van der Waals surface area contributed by atoms with Crippen molar-refractivity contribution < 1.29 is 9.59 Å². The first-order valence-electron chi connectivity index (χ1n) is 10.7. The maximum absolute atomic E-state index is 13.3. The SMILES string of the molecule is Cc1cccc(C(=O)N(Cc2cc(NC(=O)C3CC3)ccc2N(C)C)CC(C)C)c1. The van der Waals surface area contributed by atoms with Crippen LogP contribution in [0.1, 0.15) is 48.2 Å². The molecule has 1 N–H and O–H groups in total. The lowest BCUT2D eigenvalue weighted by Crippen LogP contribution is -2.34. The Morgan fingerprint density at radius 1 is 1.10 bits per heavy atom. The third-order valence-corrected chi connectivity index (χ3v) is 5.28. The van der Waals surface area contributed by atoms with Crippen molar-refractivity contribution >= 4 is 23.2 Å². The van der Waals surface area contributed by atoms with E-state index in [-0.39, 0.29) is 17.7 Å². The fraction of sp³-hybridized carbons (Fsp3) is 0.440. The van der Waals surface area contributed by atoms with Gasteiger partial charge in [-0.1, -0.05) is 31.5 Å². The first kappa shape index (κ1) is 21.9. The topological polar surface area (TPSA) is 52.7 Å². The van der Waals surface area contributed by atoms with Crippen LogP contribution in [0.5, 0.6) is 0 Å². The molecule has 2 amide bonds. The lowest BCUT2D eigenvalue weighted by atomic mass is 10.1. The normalized spacial score (nSPS) is 13.3. The number of carbonyl (C=O) groups is 2. The molecule has 2 aromatic carbocycles. The summed E-state index contributed by atoms with van der Waals surface area (Å²) in [6.07, 6.45) is 1.95. The molecule has 0 spiro atoms. The van der Waals surface area contributed by atoms with Gasteiger partial charge in [-0.15, -0.1) is 0 Å². The summed E-state index contributed by atoms with van der Waals surface area (Å²) in [4.78, 5) is 29.5. The van der Waals surface area contributed by atoms with Crippen LogP contribution in [0.4, 0.5) is 11.4 Å². The molecule has 2 aromatic rings. The van der Waals surface area contributed by atoms with E-state index in [1.165, 1.54) is 0 Å². The van der Waals surface area contributed by atoms with Crippen LogP contribution in [-0.2, 0) is 11.3 Å². The van der Waals surface area contributed by atoms with E-state index in [1.54, 1.807) is 0 Å². The summed E-state index contributed by atoms with van der Waals surface area (Å²) in [6, 6.07) is 13.7. The first-order chi connectivity index (χ1) is 14.2. The van der Waals surface area contributed by atoms with E-state index >= 15 is 0 Å². The van der Waals surface area contributed by atoms with Crippen LogP contribution < -0.4 is 10.2 Å². The molecule has 160 valence electrons. The van der Waals surface area contributed by atoms with Crippen LogP contribution in [0.3, 0.4) is 0 Å². The lowest BCUT2D eigenvalue weighted by molar-refractivity contribution is -0.117. The Kier molecular flexibility index (Phi) is 6.80. The maximum atomic E-state index is 13.3. The quantitative estimate of drug-likeness (QED) is 0.690. The Hall–Kier alpha value is -2.82. The van der Waals surface area contributed by atoms with Crippen molar-refractivity contribution in [2.45, 2.75) is 40.2 Å². The van der Waals surface area contributed by atoms with Gasteiger partial charge < -0.3 is 15.1 Å². The van der Waals surface area contributed by atoms with Crippen LogP contribution in [0.2, 0.25) is 0 Å². The summed E-state index contributed by atoms with van der Waals surface area (Å²) in [5.74, 6) is 0.625. The highest BCUT2D eigenvalue weighted by atomic mass is 16.2. The predicted molar refractivity (Wildman–Crippen MR) is 123 cm³/mol. The monoisotopic (exact) mass is 407 g/mol. The van der Waals surface area contributed by atoms with Crippen LogP contribution in [0.15, 0.2) is 42.5 Å². The summed E-state index contributed by atoms with van der Waals surface area (Å²) >= 11 is 0. The molecule has 1 aliphatic carbocycles. The highest BCUT2D eigenvalue weighted by molar-refractivity contribution is 5.95. The van der Waals surface area contributed by atoms with E-state index in [1.807, 2.05) is 73.3 Å². The minimum atomic E-state index is 0.0320. The molecule has 5 heteroatoms. The lowest BCUT2D eigenvalue weighted by Gasteiger charge is -2.28. The zero-order valence-corrected chi connectivity index (χ0v) is 18.7. The minimum Gasteiger partial charge on any atom is -0.377 e. The highest BCUT2D eigenvalue weighted by Gasteiger charge is 2.29. The van der Waals surface area contributed by atoms with Gasteiger partial charge in [0.1, 0.15) is 0 Å². The standard InChI is InChI=1S/C25H33N3O2/c1-17(2)15-28(25(30)20-8-6-7-18(3)13-20)16-21-14-22(11-12-23(21)27(4)5)26-24(29)19-9-10-19/h6-8,11-14,17,19H,9-10,15-16H2,1-5H3,(H,26,29). The molecule has 3 rings (SSSR count). The van der Waals surface area contributed by atoms with Crippen LogP contribution >= 0.6 is 0 Å². The Morgan fingerprint density at radius 3 is 2.43 bits per heavy atom. The van der Waals surface area contributed by atoms with E-state index in [0.717, 1.165) is 35.3 Å². The zero-order chi connectivity index (χ0) is 21.8. The molecule has 0 saturated heterocycles. The molecular weight excluding hydrogens is 374 g/mol. The Labute approximate surface area is 180 Å². The van der Waals surface area contributed by atoms with E-state index in [9.17, 15) is 9.59 Å². The average Bonchev–Trinajstić information content (AvgIpc) is 3.52. The molecule has 1 fully saturated rings.